The van der Waals surface area contributed by atoms with Crippen molar-refractivity contribution in [2.45, 2.75) is 6.10 Å². The van der Waals surface area contributed by atoms with Crippen LogP contribution in [0.5, 0.6) is 5.75 Å². The summed E-state index contributed by atoms with van der Waals surface area (Å²) in [6, 6.07) is 13.9. The molecule has 1 unspecified atom stereocenters. The Morgan fingerprint density at radius 2 is 2.00 bits per heavy atom. The van der Waals surface area contributed by atoms with Gasteiger partial charge in [0.25, 0.3) is 0 Å². The average Bonchev–Trinajstić information content (AvgIpc) is 2.89. The first-order chi connectivity index (χ1) is 9.81. The van der Waals surface area contributed by atoms with Gasteiger partial charge in [-0.1, -0.05) is 35.9 Å². The molecule has 1 N–H and O–H groups in total. The van der Waals surface area contributed by atoms with E-state index >= 15 is 0 Å². The largest absolute Gasteiger partial charge is 0.481 e. The molecule has 0 saturated heterocycles. The van der Waals surface area contributed by atoms with E-state index in [1.165, 1.54) is 0 Å². The number of ether oxygens (including phenoxy) is 1. The van der Waals surface area contributed by atoms with Crippen molar-refractivity contribution >= 4 is 28.6 Å². The van der Waals surface area contributed by atoms with Crippen LogP contribution in [0.25, 0.3) is 17.0 Å². The highest BCUT2D eigenvalue weighted by atomic mass is 35.5. The minimum Gasteiger partial charge on any atom is -0.481 e. The molecule has 1 aliphatic rings. The Kier molecular flexibility index (Phi) is 2.57. The highest BCUT2D eigenvalue weighted by Gasteiger charge is 2.19. The van der Waals surface area contributed by atoms with Gasteiger partial charge in [-0.05, 0) is 30.3 Å². The molecule has 0 fully saturated rings. The molecular formula is C17H12ClNO. The summed E-state index contributed by atoms with van der Waals surface area (Å²) in [6.07, 6.45) is 6.08. The van der Waals surface area contributed by atoms with E-state index in [-0.39, 0.29) is 6.10 Å². The smallest absolute Gasteiger partial charge is 0.144 e. The molecule has 3 aromatic rings. The average molecular weight is 282 g/mol. The van der Waals surface area contributed by atoms with Gasteiger partial charge in [-0.25, -0.2) is 0 Å². The van der Waals surface area contributed by atoms with Crippen LogP contribution in [0.3, 0.4) is 0 Å². The second-order valence-corrected chi connectivity index (χ2v) is 5.31. The SMILES string of the molecule is Clc1ccc2[nH]cc(C3C=Cc4ccccc4O3)c2c1. The van der Waals surface area contributed by atoms with Crippen molar-refractivity contribution in [3.63, 3.8) is 0 Å². The van der Waals surface area contributed by atoms with E-state index in [1.807, 2.05) is 48.7 Å². The van der Waals surface area contributed by atoms with Crippen LogP contribution in [0.2, 0.25) is 5.02 Å². The number of aromatic nitrogens is 1. The second kappa shape index (κ2) is 4.43. The van der Waals surface area contributed by atoms with E-state index in [1.54, 1.807) is 0 Å². The van der Waals surface area contributed by atoms with Gasteiger partial charge in [0.2, 0.25) is 0 Å². The molecule has 3 heteroatoms. The topological polar surface area (TPSA) is 25.0 Å². The Hall–Kier alpha value is -2.19. The van der Waals surface area contributed by atoms with E-state index < -0.39 is 0 Å². The van der Waals surface area contributed by atoms with Crippen molar-refractivity contribution in [1.82, 2.24) is 4.98 Å². The number of hydrogen-bond donors (Lipinski definition) is 1. The zero-order chi connectivity index (χ0) is 13.5. The van der Waals surface area contributed by atoms with Crippen molar-refractivity contribution in [2.24, 2.45) is 0 Å². The van der Waals surface area contributed by atoms with Crippen molar-refractivity contribution in [1.29, 1.82) is 0 Å². The lowest BCUT2D eigenvalue weighted by Crippen LogP contribution is -2.08. The first kappa shape index (κ1) is 11.6. The lowest BCUT2D eigenvalue weighted by Gasteiger charge is -2.21. The summed E-state index contributed by atoms with van der Waals surface area (Å²) in [5.41, 5.74) is 3.29. The Bertz CT molecular complexity index is 819. The molecule has 1 aromatic heterocycles. The Balaban J connectivity index is 1.80. The van der Waals surface area contributed by atoms with Crippen LogP contribution in [0.4, 0.5) is 0 Å². The summed E-state index contributed by atoms with van der Waals surface area (Å²) in [5, 5.41) is 1.84. The summed E-state index contributed by atoms with van der Waals surface area (Å²) in [5.74, 6) is 0.913. The van der Waals surface area contributed by atoms with Crippen LogP contribution >= 0.6 is 11.6 Å². The number of nitrogens with one attached hydrogen (secondary N) is 1. The lowest BCUT2D eigenvalue weighted by atomic mass is 10.0. The maximum Gasteiger partial charge on any atom is 0.144 e. The molecule has 1 aliphatic heterocycles. The van der Waals surface area contributed by atoms with Crippen LogP contribution in [0.1, 0.15) is 17.2 Å². The summed E-state index contributed by atoms with van der Waals surface area (Å²) in [6.45, 7) is 0. The van der Waals surface area contributed by atoms with Gasteiger partial charge in [0.05, 0.1) is 0 Å². The highest BCUT2D eigenvalue weighted by Crippen LogP contribution is 2.35. The quantitative estimate of drug-likeness (QED) is 0.669. The number of fused-ring (bicyclic) bond motifs is 2. The predicted octanol–water partition coefficient (Wildman–Crippen LogP) is 4.97. The molecule has 2 heterocycles. The number of halogens is 1. The fourth-order valence-electron chi connectivity index (χ4n) is 2.61. The Labute approximate surface area is 121 Å². The normalized spacial score (nSPS) is 16.9. The number of para-hydroxylation sites is 1. The molecular weight excluding hydrogens is 270 g/mol. The molecule has 0 bridgehead atoms. The summed E-state index contributed by atoms with van der Waals surface area (Å²) < 4.78 is 6.07. The third-order valence-corrected chi connectivity index (χ3v) is 3.84. The molecule has 98 valence electrons. The molecule has 0 radical (unpaired) electrons. The zero-order valence-electron chi connectivity index (χ0n) is 10.6. The number of H-pyrrole nitrogens is 1. The minimum absolute atomic E-state index is 0.0860. The van der Waals surface area contributed by atoms with Gasteiger partial charge in [-0.3, -0.25) is 0 Å². The lowest BCUT2D eigenvalue weighted by molar-refractivity contribution is 0.253. The van der Waals surface area contributed by atoms with Crippen LogP contribution in [-0.2, 0) is 0 Å². The van der Waals surface area contributed by atoms with Gasteiger partial charge >= 0.3 is 0 Å². The van der Waals surface area contributed by atoms with E-state index in [0.717, 1.165) is 32.8 Å². The Morgan fingerprint density at radius 3 is 2.95 bits per heavy atom. The third-order valence-electron chi connectivity index (χ3n) is 3.61. The summed E-state index contributed by atoms with van der Waals surface area (Å²) in [4.78, 5) is 3.26. The van der Waals surface area contributed by atoms with Crippen molar-refractivity contribution in [3.8, 4) is 5.75 Å². The highest BCUT2D eigenvalue weighted by molar-refractivity contribution is 6.31. The predicted molar refractivity (Wildman–Crippen MR) is 82.2 cm³/mol. The van der Waals surface area contributed by atoms with Gasteiger partial charge in [-0.15, -0.1) is 0 Å². The number of aromatic amines is 1. The first-order valence-electron chi connectivity index (χ1n) is 6.52. The summed E-state index contributed by atoms with van der Waals surface area (Å²) >= 11 is 6.09. The van der Waals surface area contributed by atoms with E-state index in [0.29, 0.717) is 0 Å². The van der Waals surface area contributed by atoms with E-state index in [2.05, 4.69) is 17.1 Å². The van der Waals surface area contributed by atoms with Gasteiger partial charge in [0, 0.05) is 33.2 Å². The number of rotatable bonds is 1. The maximum absolute atomic E-state index is 6.09. The van der Waals surface area contributed by atoms with Crippen LogP contribution < -0.4 is 4.74 Å². The van der Waals surface area contributed by atoms with Crippen LogP contribution in [0.15, 0.2) is 54.7 Å². The fraction of sp³-hybridized carbons (Fsp3) is 0.0588. The molecule has 0 aliphatic carbocycles. The van der Waals surface area contributed by atoms with Crippen molar-refractivity contribution < 1.29 is 4.74 Å². The molecule has 0 amide bonds. The summed E-state index contributed by atoms with van der Waals surface area (Å²) in [7, 11) is 0. The first-order valence-corrected chi connectivity index (χ1v) is 6.89. The van der Waals surface area contributed by atoms with Crippen LogP contribution in [0, 0.1) is 0 Å². The molecule has 4 rings (SSSR count). The molecule has 2 nitrogen and oxygen atoms in total. The van der Waals surface area contributed by atoms with Gasteiger partial charge < -0.3 is 9.72 Å². The van der Waals surface area contributed by atoms with E-state index in [9.17, 15) is 0 Å². The minimum atomic E-state index is -0.0860. The van der Waals surface area contributed by atoms with Gasteiger partial charge in [0.1, 0.15) is 11.9 Å². The second-order valence-electron chi connectivity index (χ2n) is 4.87. The van der Waals surface area contributed by atoms with Crippen LogP contribution in [-0.4, -0.2) is 4.98 Å². The molecule has 20 heavy (non-hydrogen) atoms. The van der Waals surface area contributed by atoms with Gasteiger partial charge in [-0.2, -0.15) is 0 Å². The van der Waals surface area contributed by atoms with E-state index in [4.69, 9.17) is 16.3 Å². The standard InChI is InChI=1S/C17H12ClNO/c18-12-6-7-15-13(9-12)14(10-19-15)17-8-5-11-3-1-2-4-16(11)20-17/h1-10,17,19H. The number of hydrogen-bond acceptors (Lipinski definition) is 1. The Morgan fingerprint density at radius 1 is 1.10 bits per heavy atom. The zero-order valence-corrected chi connectivity index (χ0v) is 11.4. The monoisotopic (exact) mass is 281 g/mol. The third kappa shape index (κ3) is 1.81. The molecule has 1 atom stereocenters. The number of benzene rings is 2. The maximum atomic E-state index is 6.09. The fourth-order valence-corrected chi connectivity index (χ4v) is 2.78. The van der Waals surface area contributed by atoms with Crippen molar-refractivity contribution in [3.05, 3.63) is 70.9 Å². The van der Waals surface area contributed by atoms with Gasteiger partial charge in [0.15, 0.2) is 0 Å². The molecule has 0 saturated carbocycles. The molecule has 0 spiro atoms. The van der Waals surface area contributed by atoms with Crippen molar-refractivity contribution in [2.75, 3.05) is 0 Å². The molecule has 2 aromatic carbocycles.